The number of hydrogen-bond donors (Lipinski definition) is 4. The Balaban J connectivity index is 1.76. The number of aliphatic imine (C=N–C) groups is 1. The minimum Gasteiger partial charge on any atom is -0.497 e. The van der Waals surface area contributed by atoms with E-state index >= 15 is 0 Å². The van der Waals surface area contributed by atoms with Crippen molar-refractivity contribution in [2.45, 2.75) is 12.6 Å². The first-order valence-corrected chi connectivity index (χ1v) is 10.4. The minimum atomic E-state index is -0.702. The minimum absolute atomic E-state index is 0.0229. The van der Waals surface area contributed by atoms with Gasteiger partial charge < -0.3 is 31.0 Å². The number of nitrogens with one attached hydrogen (secondary N) is 2. The van der Waals surface area contributed by atoms with Gasteiger partial charge in [-0.2, -0.15) is 10.5 Å². The van der Waals surface area contributed by atoms with Crippen LogP contribution in [0.25, 0.3) is 0 Å². The van der Waals surface area contributed by atoms with Crippen LogP contribution < -0.4 is 36.3 Å². The number of rotatable bonds is 6. The number of methoxy groups -OCH3 is 2. The number of fused-ring (bicyclic) bond motifs is 1. The van der Waals surface area contributed by atoms with Crippen LogP contribution in [0.5, 0.6) is 17.2 Å². The van der Waals surface area contributed by atoms with E-state index in [1.807, 2.05) is 36.5 Å². The zero-order valence-electron chi connectivity index (χ0n) is 19.0. The largest absolute Gasteiger partial charge is 0.497 e. The summed E-state index contributed by atoms with van der Waals surface area (Å²) in [5, 5.41) is 24.0. The van der Waals surface area contributed by atoms with Crippen molar-refractivity contribution in [3.8, 4) is 29.5 Å². The van der Waals surface area contributed by atoms with E-state index in [9.17, 15) is 5.26 Å². The van der Waals surface area contributed by atoms with Crippen LogP contribution in [0, 0.1) is 22.8 Å². The molecule has 6 N–H and O–H groups in total. The van der Waals surface area contributed by atoms with Crippen LogP contribution in [0.1, 0.15) is 28.3 Å². The Kier molecular flexibility index (Phi) is 6.42. The topological polar surface area (TPSA) is 177 Å². The maximum absolute atomic E-state index is 9.51. The number of pyridine rings is 1. The average molecular weight is 470 g/mol. The summed E-state index contributed by atoms with van der Waals surface area (Å²) < 4.78 is 16.8. The number of nitrogens with two attached hydrogens (primary N) is 2. The van der Waals surface area contributed by atoms with Gasteiger partial charge in [0.25, 0.3) is 0 Å². The number of nitrogens with zero attached hydrogens (tertiary/aromatic N) is 4. The molecule has 0 bridgehead atoms. The van der Waals surface area contributed by atoms with Gasteiger partial charge in [0.15, 0.2) is 17.7 Å². The fourth-order valence-electron chi connectivity index (χ4n) is 3.72. The van der Waals surface area contributed by atoms with Crippen LogP contribution in [-0.2, 0) is 6.61 Å². The van der Waals surface area contributed by atoms with Gasteiger partial charge in [0.1, 0.15) is 41.7 Å². The molecule has 0 aliphatic carbocycles. The highest BCUT2D eigenvalue weighted by molar-refractivity contribution is 5.98. The molecule has 0 saturated heterocycles. The predicted octanol–water partition coefficient (Wildman–Crippen LogP) is 2.66. The van der Waals surface area contributed by atoms with Gasteiger partial charge in [-0.3, -0.25) is 5.32 Å². The summed E-state index contributed by atoms with van der Waals surface area (Å²) in [4.78, 5) is 8.84. The normalized spacial score (nSPS) is 13.8. The summed E-state index contributed by atoms with van der Waals surface area (Å²) >= 11 is 0. The van der Waals surface area contributed by atoms with Gasteiger partial charge >= 0.3 is 0 Å². The molecule has 2 aromatic carbocycles. The van der Waals surface area contributed by atoms with Gasteiger partial charge in [0, 0.05) is 5.56 Å². The van der Waals surface area contributed by atoms with Crippen LogP contribution >= 0.6 is 0 Å². The van der Waals surface area contributed by atoms with Gasteiger partial charge in [0.05, 0.1) is 19.9 Å². The summed E-state index contributed by atoms with van der Waals surface area (Å²) in [7, 11) is 3.15. The number of nitrogen functional groups attached to an aromatic ring is 2. The molecule has 11 heteroatoms. The Hall–Kier alpha value is -5.16. The highest BCUT2D eigenvalue weighted by atomic mass is 16.5. The fraction of sp³-hybridized carbons (Fsp3) is 0.167. The Morgan fingerprint density at radius 3 is 2.63 bits per heavy atom. The molecule has 0 radical (unpaired) electrons. The monoisotopic (exact) mass is 470 g/mol. The second-order valence-electron chi connectivity index (χ2n) is 7.45. The standard InChI is InChI=1S/C24H22N8O3/c1-33-15-5-3-4-13(8-15)11-35-18-9-14(6-7-17(18)34-2)21-19-20(27)16(10-25)22(28)31-23(19)32-24(30-21)29-12-26/h3-9,21H,11H2,1-2H3,(H6,27,28,29,30,31,32). The van der Waals surface area contributed by atoms with E-state index < -0.39 is 6.04 Å². The second-order valence-corrected chi connectivity index (χ2v) is 7.45. The third kappa shape index (κ3) is 4.51. The van der Waals surface area contributed by atoms with Crippen molar-refractivity contribution in [1.82, 2.24) is 10.3 Å². The number of hydrogen-bond acceptors (Lipinski definition) is 11. The number of benzene rings is 2. The summed E-state index contributed by atoms with van der Waals surface area (Å²) in [5.74, 6) is 2.15. The quantitative estimate of drug-likeness (QED) is 0.309. The number of aromatic nitrogens is 1. The molecule has 0 fully saturated rings. The van der Waals surface area contributed by atoms with Gasteiger partial charge in [-0.05, 0) is 35.4 Å². The molecule has 1 aliphatic rings. The molecule has 1 aliphatic heterocycles. The number of anilines is 3. The van der Waals surface area contributed by atoms with E-state index in [1.54, 1.807) is 32.4 Å². The van der Waals surface area contributed by atoms with Crippen LogP contribution in [0.2, 0.25) is 0 Å². The smallest absolute Gasteiger partial charge is 0.211 e. The SMILES string of the molecule is COc1cccc(COc2cc(C3N=C(NC#N)Nc4nc(N)c(C#N)c(N)c43)ccc2OC)c1. The molecule has 11 nitrogen and oxygen atoms in total. The van der Waals surface area contributed by atoms with E-state index in [-0.39, 0.29) is 29.6 Å². The van der Waals surface area contributed by atoms with Gasteiger partial charge in [-0.25, -0.2) is 9.98 Å². The zero-order valence-corrected chi connectivity index (χ0v) is 19.0. The summed E-state index contributed by atoms with van der Waals surface area (Å²) in [6.07, 6.45) is 1.83. The highest BCUT2D eigenvalue weighted by Gasteiger charge is 2.30. The maximum Gasteiger partial charge on any atom is 0.211 e. The molecular weight excluding hydrogens is 448 g/mol. The van der Waals surface area contributed by atoms with Crippen molar-refractivity contribution < 1.29 is 14.2 Å². The number of nitriles is 2. The fourth-order valence-corrected chi connectivity index (χ4v) is 3.72. The summed E-state index contributed by atoms with van der Waals surface area (Å²) in [6, 6.07) is 14.1. The lowest BCUT2D eigenvalue weighted by Gasteiger charge is -2.26. The summed E-state index contributed by atoms with van der Waals surface area (Å²) in [6.45, 7) is 0.267. The van der Waals surface area contributed by atoms with E-state index in [2.05, 4.69) is 20.6 Å². The molecule has 0 amide bonds. The van der Waals surface area contributed by atoms with Crippen molar-refractivity contribution in [2.24, 2.45) is 4.99 Å². The third-order valence-corrected chi connectivity index (χ3v) is 5.39. The van der Waals surface area contributed by atoms with Crippen molar-refractivity contribution in [3.05, 3.63) is 64.7 Å². The number of guanidine groups is 1. The van der Waals surface area contributed by atoms with Gasteiger partial charge in [-0.1, -0.05) is 18.2 Å². The summed E-state index contributed by atoms with van der Waals surface area (Å²) in [5.41, 5.74) is 14.5. The Bertz CT molecular complexity index is 1390. The Labute approximate surface area is 201 Å². The van der Waals surface area contributed by atoms with Crippen LogP contribution in [-0.4, -0.2) is 25.2 Å². The lowest BCUT2D eigenvalue weighted by atomic mass is 9.95. The molecule has 2 heterocycles. The molecule has 0 saturated carbocycles. The molecule has 0 spiro atoms. The molecule has 3 aromatic rings. The first-order chi connectivity index (χ1) is 17.0. The van der Waals surface area contributed by atoms with Crippen LogP contribution in [0.4, 0.5) is 17.3 Å². The predicted molar refractivity (Wildman–Crippen MR) is 130 cm³/mol. The highest BCUT2D eigenvalue weighted by Crippen LogP contribution is 2.42. The average Bonchev–Trinajstić information content (AvgIpc) is 2.87. The van der Waals surface area contributed by atoms with E-state index in [0.717, 1.165) is 11.3 Å². The zero-order chi connectivity index (χ0) is 24.9. The van der Waals surface area contributed by atoms with Crippen LogP contribution in [0.15, 0.2) is 47.5 Å². The van der Waals surface area contributed by atoms with Crippen molar-refractivity contribution in [1.29, 1.82) is 10.5 Å². The molecule has 1 aromatic heterocycles. The van der Waals surface area contributed by atoms with E-state index in [0.29, 0.717) is 28.4 Å². The number of ether oxygens (including phenoxy) is 3. The molecule has 35 heavy (non-hydrogen) atoms. The first kappa shape index (κ1) is 23.0. The van der Waals surface area contributed by atoms with Crippen molar-refractivity contribution in [3.63, 3.8) is 0 Å². The van der Waals surface area contributed by atoms with E-state index in [4.69, 9.17) is 30.9 Å². The lowest BCUT2D eigenvalue weighted by molar-refractivity contribution is 0.283. The van der Waals surface area contributed by atoms with Gasteiger partial charge in [-0.15, -0.1) is 0 Å². The molecular formula is C24H22N8O3. The van der Waals surface area contributed by atoms with E-state index in [1.165, 1.54) is 0 Å². The van der Waals surface area contributed by atoms with Crippen molar-refractivity contribution >= 4 is 23.3 Å². The molecule has 176 valence electrons. The molecule has 1 unspecified atom stereocenters. The van der Waals surface area contributed by atoms with Crippen molar-refractivity contribution in [2.75, 3.05) is 31.0 Å². The molecule has 1 atom stereocenters. The Morgan fingerprint density at radius 1 is 1.09 bits per heavy atom. The van der Waals surface area contributed by atoms with Crippen LogP contribution in [0.3, 0.4) is 0 Å². The first-order valence-electron chi connectivity index (χ1n) is 10.4. The molecule has 4 rings (SSSR count). The maximum atomic E-state index is 9.51. The second kappa shape index (κ2) is 9.77. The van der Waals surface area contributed by atoms with Gasteiger partial charge in [0.2, 0.25) is 5.96 Å². The lowest BCUT2D eigenvalue weighted by Crippen LogP contribution is -2.32. The third-order valence-electron chi connectivity index (χ3n) is 5.39. The Morgan fingerprint density at radius 2 is 1.91 bits per heavy atom.